The third-order valence-corrected chi connectivity index (χ3v) is 5.23. The fourth-order valence-corrected chi connectivity index (χ4v) is 3.33. The van der Waals surface area contributed by atoms with Crippen molar-refractivity contribution >= 4 is 26.9 Å². The second kappa shape index (κ2) is 5.28. The van der Waals surface area contributed by atoms with E-state index in [1.807, 2.05) is 6.92 Å². The number of nitrogen functional groups attached to an aromatic ring is 1. The second-order valence-corrected chi connectivity index (χ2v) is 7.09. The molecule has 0 aliphatic heterocycles. The predicted octanol–water partition coefficient (Wildman–Crippen LogP) is 0.334. The first-order valence-corrected chi connectivity index (χ1v) is 8.17. The third kappa shape index (κ3) is 2.24. The predicted molar refractivity (Wildman–Crippen MR) is 81.8 cm³/mol. The molecule has 0 amide bonds. The number of imidazole rings is 1. The molecule has 0 aliphatic rings. The van der Waals surface area contributed by atoms with Crippen LogP contribution in [0.1, 0.15) is 6.92 Å². The molecule has 3 aromatic heterocycles. The van der Waals surface area contributed by atoms with Crippen LogP contribution in [0.5, 0.6) is 0 Å². The number of sulfonamides is 1. The number of anilines is 1. The number of pyridine rings is 1. The Morgan fingerprint density at radius 1 is 1.30 bits per heavy atom. The molecule has 0 spiro atoms. The van der Waals surface area contributed by atoms with Crippen molar-refractivity contribution in [1.82, 2.24) is 29.2 Å². The highest BCUT2D eigenvalue weighted by Gasteiger charge is 2.26. The van der Waals surface area contributed by atoms with Gasteiger partial charge in [0.05, 0.1) is 11.7 Å². The summed E-state index contributed by atoms with van der Waals surface area (Å²) in [5.41, 5.74) is 6.85. The van der Waals surface area contributed by atoms with Crippen LogP contribution in [0, 0.1) is 0 Å². The highest BCUT2D eigenvalue weighted by atomic mass is 32.2. The highest BCUT2D eigenvalue weighted by molar-refractivity contribution is 7.89. The summed E-state index contributed by atoms with van der Waals surface area (Å²) >= 11 is 0. The lowest BCUT2D eigenvalue weighted by atomic mass is 10.4. The quantitative estimate of drug-likeness (QED) is 0.720. The van der Waals surface area contributed by atoms with E-state index in [0.29, 0.717) is 23.4 Å². The van der Waals surface area contributed by atoms with Crippen molar-refractivity contribution < 1.29 is 13.0 Å². The molecule has 0 aromatic carbocycles. The van der Waals surface area contributed by atoms with E-state index < -0.39 is 10.0 Å². The van der Waals surface area contributed by atoms with E-state index in [2.05, 4.69) is 24.9 Å². The van der Waals surface area contributed by atoms with Crippen LogP contribution in [0.3, 0.4) is 0 Å². The molecule has 3 heterocycles. The number of rotatable bonds is 4. The Kier molecular flexibility index (Phi) is 3.53. The summed E-state index contributed by atoms with van der Waals surface area (Å²) < 4.78 is 32.5. The van der Waals surface area contributed by atoms with Crippen LogP contribution in [-0.2, 0) is 16.6 Å². The van der Waals surface area contributed by atoms with Gasteiger partial charge in [-0.25, -0.2) is 22.3 Å². The second-order valence-electron chi connectivity index (χ2n) is 4.97. The van der Waals surface area contributed by atoms with Crippen molar-refractivity contribution in [2.24, 2.45) is 0 Å². The Morgan fingerprint density at radius 2 is 2.04 bits per heavy atom. The van der Waals surface area contributed by atoms with Gasteiger partial charge in [0.1, 0.15) is 10.4 Å². The fraction of sp³-hybridized carbons (Fsp3) is 0.333. The highest BCUT2D eigenvalue weighted by Crippen LogP contribution is 2.30. The van der Waals surface area contributed by atoms with Crippen molar-refractivity contribution in [3.8, 4) is 11.5 Å². The summed E-state index contributed by atoms with van der Waals surface area (Å²) in [5.74, 6) is 0.462. The smallest absolute Gasteiger partial charge is 0.246 e. The number of aryl methyl sites for hydroxylation is 1. The minimum Gasteiger partial charge on any atom is -0.379 e. The normalized spacial score (nSPS) is 12.3. The van der Waals surface area contributed by atoms with Crippen LogP contribution in [0.2, 0.25) is 0 Å². The Labute approximate surface area is 131 Å². The van der Waals surface area contributed by atoms with Crippen LogP contribution in [-0.4, -0.2) is 51.7 Å². The molecule has 2 N–H and O–H groups in total. The molecule has 11 heteroatoms. The molecule has 0 radical (unpaired) electrons. The van der Waals surface area contributed by atoms with Gasteiger partial charge in [0.15, 0.2) is 17.3 Å². The number of aromatic nitrogens is 5. The lowest BCUT2D eigenvalue weighted by Crippen LogP contribution is -2.23. The zero-order valence-corrected chi connectivity index (χ0v) is 13.6. The van der Waals surface area contributed by atoms with Gasteiger partial charge in [0, 0.05) is 26.8 Å². The third-order valence-electron chi connectivity index (χ3n) is 3.42. The van der Waals surface area contributed by atoms with Gasteiger partial charge in [-0.05, 0) is 17.2 Å². The monoisotopic (exact) mass is 337 g/mol. The van der Waals surface area contributed by atoms with Gasteiger partial charge >= 0.3 is 0 Å². The van der Waals surface area contributed by atoms with E-state index in [-0.39, 0.29) is 16.4 Å². The van der Waals surface area contributed by atoms with Gasteiger partial charge in [-0.3, -0.25) is 4.98 Å². The topological polar surface area (TPSA) is 133 Å². The Hall–Kier alpha value is -2.53. The van der Waals surface area contributed by atoms with Gasteiger partial charge in [0.2, 0.25) is 10.0 Å². The van der Waals surface area contributed by atoms with Crippen molar-refractivity contribution in [1.29, 1.82) is 0 Å². The maximum Gasteiger partial charge on any atom is 0.246 e. The van der Waals surface area contributed by atoms with Crippen molar-refractivity contribution in [2.75, 3.05) is 19.8 Å². The van der Waals surface area contributed by atoms with Gasteiger partial charge in [-0.15, -0.1) is 0 Å². The van der Waals surface area contributed by atoms with E-state index in [9.17, 15) is 8.42 Å². The van der Waals surface area contributed by atoms with Crippen molar-refractivity contribution in [3.05, 3.63) is 12.4 Å². The Morgan fingerprint density at radius 3 is 2.61 bits per heavy atom. The SMILES string of the molecule is CCn1c(-c2nonc2N)nc2cncc(S(=O)(=O)N(C)C)c21. The molecule has 0 aliphatic carbocycles. The minimum absolute atomic E-state index is 0.0654. The van der Waals surface area contributed by atoms with Gasteiger partial charge < -0.3 is 10.3 Å². The standard InChI is InChI=1S/C12H15N7O3S/c1-4-19-10-7(15-12(19)9-11(13)17-22-16-9)5-14-6-8(10)23(20,21)18(2)3/h5-6H,4H2,1-3H3,(H2,13,17). The van der Waals surface area contributed by atoms with Crippen molar-refractivity contribution in [3.63, 3.8) is 0 Å². The van der Waals surface area contributed by atoms with Gasteiger partial charge in [0.25, 0.3) is 0 Å². The van der Waals surface area contributed by atoms with E-state index in [4.69, 9.17) is 5.73 Å². The van der Waals surface area contributed by atoms with E-state index in [1.54, 1.807) is 4.57 Å². The van der Waals surface area contributed by atoms with Crippen LogP contribution < -0.4 is 5.73 Å². The summed E-state index contributed by atoms with van der Waals surface area (Å²) in [6.45, 7) is 2.32. The summed E-state index contributed by atoms with van der Waals surface area (Å²) in [6, 6.07) is 0. The molecule has 0 fully saturated rings. The molecular weight excluding hydrogens is 322 g/mol. The number of nitrogens with zero attached hydrogens (tertiary/aromatic N) is 6. The molecule has 23 heavy (non-hydrogen) atoms. The molecule has 3 rings (SSSR count). The molecule has 0 saturated heterocycles. The summed E-state index contributed by atoms with van der Waals surface area (Å²) in [4.78, 5) is 8.44. The number of hydrogen-bond donors (Lipinski definition) is 1. The molecule has 0 unspecified atom stereocenters. The van der Waals surface area contributed by atoms with Gasteiger partial charge in [-0.2, -0.15) is 0 Å². The number of hydrogen-bond acceptors (Lipinski definition) is 8. The lowest BCUT2D eigenvalue weighted by molar-refractivity contribution is 0.310. The summed E-state index contributed by atoms with van der Waals surface area (Å²) in [7, 11) is -0.763. The van der Waals surface area contributed by atoms with E-state index in [1.165, 1.54) is 26.5 Å². The molecule has 0 saturated carbocycles. The number of nitrogens with two attached hydrogens (primary N) is 1. The molecule has 122 valence electrons. The van der Waals surface area contributed by atoms with E-state index >= 15 is 0 Å². The molecule has 0 atom stereocenters. The maximum atomic E-state index is 12.6. The first-order valence-electron chi connectivity index (χ1n) is 6.73. The first-order chi connectivity index (χ1) is 10.9. The van der Waals surface area contributed by atoms with Crippen LogP contribution in [0.15, 0.2) is 21.9 Å². The molecule has 10 nitrogen and oxygen atoms in total. The van der Waals surface area contributed by atoms with Crippen LogP contribution >= 0.6 is 0 Å². The zero-order chi connectivity index (χ0) is 16.8. The van der Waals surface area contributed by atoms with Crippen LogP contribution in [0.25, 0.3) is 22.6 Å². The Bertz CT molecular complexity index is 974. The van der Waals surface area contributed by atoms with E-state index in [0.717, 1.165) is 4.31 Å². The average Bonchev–Trinajstić information content (AvgIpc) is 3.08. The maximum absolute atomic E-state index is 12.6. The minimum atomic E-state index is -3.68. The number of fused-ring (bicyclic) bond motifs is 1. The summed E-state index contributed by atoms with van der Waals surface area (Å²) in [5, 5.41) is 7.28. The zero-order valence-electron chi connectivity index (χ0n) is 12.8. The largest absolute Gasteiger partial charge is 0.379 e. The lowest BCUT2D eigenvalue weighted by Gasteiger charge is -2.13. The molecule has 0 bridgehead atoms. The fourth-order valence-electron chi connectivity index (χ4n) is 2.28. The Balaban J connectivity index is 2.39. The first kappa shape index (κ1) is 15.4. The van der Waals surface area contributed by atoms with Crippen LogP contribution in [0.4, 0.5) is 5.82 Å². The van der Waals surface area contributed by atoms with Crippen molar-refractivity contribution in [2.45, 2.75) is 18.4 Å². The summed E-state index contributed by atoms with van der Waals surface area (Å²) in [6.07, 6.45) is 2.79. The molecular formula is C12H15N7O3S. The van der Waals surface area contributed by atoms with Gasteiger partial charge in [-0.1, -0.05) is 0 Å². The molecule has 3 aromatic rings. The average molecular weight is 337 g/mol.